The van der Waals surface area contributed by atoms with Gasteiger partial charge in [-0.3, -0.25) is 0 Å². The summed E-state index contributed by atoms with van der Waals surface area (Å²) in [6, 6.07) is 0.0762. The minimum absolute atomic E-state index is 0.0826. The Hall–Kier alpha value is -0.910. The maximum atomic E-state index is 13.5. The maximum Gasteiger partial charge on any atom is 0.192 e. The SMILES string of the molecule is COc1c(F)c(Cl)cc(C(N)CO)c1F. The first-order chi connectivity index (χ1) is 7.02. The molecule has 0 saturated heterocycles. The second-order valence-corrected chi connectivity index (χ2v) is 3.31. The van der Waals surface area contributed by atoms with Crippen LogP contribution in [0.5, 0.6) is 5.75 Å². The first-order valence-corrected chi connectivity index (χ1v) is 4.48. The van der Waals surface area contributed by atoms with E-state index < -0.39 is 30.0 Å². The number of methoxy groups -OCH3 is 1. The Bertz CT molecular complexity index is 374. The van der Waals surface area contributed by atoms with Crippen LogP contribution in [0.15, 0.2) is 6.07 Å². The molecule has 1 rings (SSSR count). The number of hydrogen-bond donors (Lipinski definition) is 2. The molecule has 0 heterocycles. The van der Waals surface area contributed by atoms with Gasteiger partial charge < -0.3 is 15.6 Å². The van der Waals surface area contributed by atoms with E-state index in [0.29, 0.717) is 0 Å². The lowest BCUT2D eigenvalue weighted by molar-refractivity contribution is 0.263. The molecular formula is C9H10ClF2NO2. The lowest BCUT2D eigenvalue weighted by Gasteiger charge is -2.13. The van der Waals surface area contributed by atoms with E-state index in [2.05, 4.69) is 4.74 Å². The number of aliphatic hydroxyl groups is 1. The summed E-state index contributed by atoms with van der Waals surface area (Å²) in [5, 5.41) is 8.47. The molecule has 1 aromatic carbocycles. The molecule has 1 aromatic rings. The molecule has 1 unspecified atom stereocenters. The van der Waals surface area contributed by atoms with Crippen molar-refractivity contribution in [1.29, 1.82) is 0 Å². The van der Waals surface area contributed by atoms with Gasteiger partial charge in [0.15, 0.2) is 17.4 Å². The minimum atomic E-state index is -0.981. The van der Waals surface area contributed by atoms with Gasteiger partial charge in [-0.05, 0) is 6.07 Å². The fourth-order valence-corrected chi connectivity index (χ4v) is 1.35. The molecule has 1 atom stereocenters. The Balaban J connectivity index is 3.36. The summed E-state index contributed by atoms with van der Waals surface area (Å²) in [4.78, 5) is 0. The van der Waals surface area contributed by atoms with Gasteiger partial charge in [-0.15, -0.1) is 0 Å². The number of benzene rings is 1. The number of hydrogen-bond acceptors (Lipinski definition) is 3. The molecule has 0 aliphatic carbocycles. The van der Waals surface area contributed by atoms with Crippen molar-refractivity contribution >= 4 is 11.6 Å². The molecule has 0 aliphatic heterocycles. The molecule has 0 saturated carbocycles. The van der Waals surface area contributed by atoms with Crippen LogP contribution in [-0.2, 0) is 0 Å². The molecule has 0 aromatic heterocycles. The highest BCUT2D eigenvalue weighted by molar-refractivity contribution is 6.31. The van der Waals surface area contributed by atoms with Crippen molar-refractivity contribution in [2.24, 2.45) is 5.73 Å². The molecule has 6 heteroatoms. The van der Waals surface area contributed by atoms with Crippen molar-refractivity contribution in [3.63, 3.8) is 0 Å². The van der Waals surface area contributed by atoms with Crippen molar-refractivity contribution in [1.82, 2.24) is 0 Å². The van der Waals surface area contributed by atoms with Gasteiger partial charge in [-0.25, -0.2) is 8.78 Å². The first-order valence-electron chi connectivity index (χ1n) is 4.10. The van der Waals surface area contributed by atoms with Gasteiger partial charge in [0.1, 0.15) is 0 Å². The number of aliphatic hydroxyl groups excluding tert-OH is 1. The lowest BCUT2D eigenvalue weighted by Crippen LogP contribution is -2.17. The summed E-state index contributed by atoms with van der Waals surface area (Å²) in [5.41, 5.74) is 5.33. The van der Waals surface area contributed by atoms with Crippen LogP contribution in [0.25, 0.3) is 0 Å². The van der Waals surface area contributed by atoms with Gasteiger partial charge in [0.05, 0.1) is 24.8 Å². The maximum absolute atomic E-state index is 13.5. The zero-order chi connectivity index (χ0) is 11.6. The predicted molar refractivity (Wildman–Crippen MR) is 51.9 cm³/mol. The van der Waals surface area contributed by atoms with Gasteiger partial charge in [0, 0.05) is 5.56 Å². The molecule has 15 heavy (non-hydrogen) atoms. The molecule has 0 amide bonds. The van der Waals surface area contributed by atoms with Crippen LogP contribution in [0, 0.1) is 11.6 Å². The summed E-state index contributed by atoms with van der Waals surface area (Å²) >= 11 is 5.51. The van der Waals surface area contributed by atoms with E-state index in [0.717, 1.165) is 13.2 Å². The third-order valence-corrected chi connectivity index (χ3v) is 2.22. The second-order valence-electron chi connectivity index (χ2n) is 2.90. The Morgan fingerprint density at radius 1 is 1.53 bits per heavy atom. The van der Waals surface area contributed by atoms with Crippen LogP contribution in [-0.4, -0.2) is 18.8 Å². The fourth-order valence-electron chi connectivity index (χ4n) is 1.15. The van der Waals surface area contributed by atoms with E-state index >= 15 is 0 Å². The quantitative estimate of drug-likeness (QED) is 0.786. The van der Waals surface area contributed by atoms with Crippen LogP contribution in [0.1, 0.15) is 11.6 Å². The van der Waals surface area contributed by atoms with Crippen LogP contribution in [0.2, 0.25) is 5.02 Å². The molecular weight excluding hydrogens is 228 g/mol. The van der Waals surface area contributed by atoms with Crippen LogP contribution < -0.4 is 10.5 Å². The molecule has 0 fully saturated rings. The Labute approximate surface area is 90.4 Å². The zero-order valence-corrected chi connectivity index (χ0v) is 8.68. The van der Waals surface area contributed by atoms with E-state index in [1.54, 1.807) is 0 Å². The normalized spacial score (nSPS) is 12.7. The van der Waals surface area contributed by atoms with Crippen LogP contribution in [0.4, 0.5) is 8.78 Å². The molecule has 0 bridgehead atoms. The number of ether oxygens (including phenoxy) is 1. The third kappa shape index (κ3) is 2.19. The smallest absolute Gasteiger partial charge is 0.192 e. The van der Waals surface area contributed by atoms with Crippen molar-refractivity contribution in [2.45, 2.75) is 6.04 Å². The van der Waals surface area contributed by atoms with E-state index in [9.17, 15) is 8.78 Å². The molecule has 0 aliphatic rings. The summed E-state index contributed by atoms with van der Waals surface area (Å²) in [5.74, 6) is -2.52. The van der Waals surface area contributed by atoms with Crippen molar-refractivity contribution in [2.75, 3.05) is 13.7 Å². The summed E-state index contributed by atoms with van der Waals surface area (Å²) in [7, 11) is 1.12. The minimum Gasteiger partial charge on any atom is -0.491 e. The topological polar surface area (TPSA) is 55.5 Å². The predicted octanol–water partition coefficient (Wildman–Crippen LogP) is 1.62. The van der Waals surface area contributed by atoms with Gasteiger partial charge >= 0.3 is 0 Å². The number of halogens is 3. The standard InChI is InChI=1S/C9H10ClF2NO2/c1-15-9-7(11)4(6(13)3-14)2-5(10)8(9)12/h2,6,14H,3,13H2,1H3. The summed E-state index contributed by atoms with van der Waals surface area (Å²) in [6.45, 7) is -0.470. The molecule has 3 N–H and O–H groups in total. The summed E-state index contributed by atoms with van der Waals surface area (Å²) in [6.07, 6.45) is 0. The number of nitrogens with two attached hydrogens (primary N) is 1. The lowest BCUT2D eigenvalue weighted by atomic mass is 10.1. The van der Waals surface area contributed by atoms with Gasteiger partial charge in [0.2, 0.25) is 0 Å². The number of rotatable bonds is 3. The second kappa shape index (κ2) is 4.74. The molecule has 0 radical (unpaired) electrons. The highest BCUT2D eigenvalue weighted by Crippen LogP contribution is 2.32. The zero-order valence-electron chi connectivity index (χ0n) is 7.93. The third-order valence-electron chi connectivity index (χ3n) is 1.94. The van der Waals surface area contributed by atoms with E-state index in [1.807, 2.05) is 0 Å². The summed E-state index contributed by atoms with van der Waals surface area (Å²) < 4.78 is 31.3. The van der Waals surface area contributed by atoms with E-state index in [-0.39, 0.29) is 10.6 Å². The molecule has 84 valence electrons. The Kier molecular flexibility index (Phi) is 3.84. The van der Waals surface area contributed by atoms with Gasteiger partial charge in [-0.1, -0.05) is 11.6 Å². The van der Waals surface area contributed by atoms with Crippen LogP contribution >= 0.6 is 11.6 Å². The van der Waals surface area contributed by atoms with Crippen LogP contribution in [0.3, 0.4) is 0 Å². The van der Waals surface area contributed by atoms with Crippen molar-refractivity contribution in [3.05, 3.63) is 28.3 Å². The Morgan fingerprint density at radius 2 is 2.13 bits per heavy atom. The van der Waals surface area contributed by atoms with Crippen molar-refractivity contribution < 1.29 is 18.6 Å². The van der Waals surface area contributed by atoms with Gasteiger partial charge in [-0.2, -0.15) is 0 Å². The van der Waals surface area contributed by atoms with Gasteiger partial charge in [0.25, 0.3) is 0 Å². The largest absolute Gasteiger partial charge is 0.491 e. The fraction of sp³-hybridized carbons (Fsp3) is 0.333. The monoisotopic (exact) mass is 237 g/mol. The first kappa shape index (κ1) is 12.2. The van der Waals surface area contributed by atoms with Crippen molar-refractivity contribution in [3.8, 4) is 5.75 Å². The van der Waals surface area contributed by atoms with E-state index in [1.165, 1.54) is 0 Å². The average Bonchev–Trinajstić information content (AvgIpc) is 2.23. The molecule has 0 spiro atoms. The highest BCUT2D eigenvalue weighted by Gasteiger charge is 2.21. The van der Waals surface area contributed by atoms with E-state index in [4.69, 9.17) is 22.4 Å². The average molecular weight is 238 g/mol. The molecule has 3 nitrogen and oxygen atoms in total. The Morgan fingerprint density at radius 3 is 2.60 bits per heavy atom. The highest BCUT2D eigenvalue weighted by atomic mass is 35.5.